The highest BCUT2D eigenvalue weighted by Crippen LogP contribution is 2.36. The first-order chi connectivity index (χ1) is 19.0. The van der Waals surface area contributed by atoms with Crippen LogP contribution in [0.4, 0.5) is 10.1 Å². The van der Waals surface area contributed by atoms with Gasteiger partial charge < -0.3 is 19.4 Å². The lowest BCUT2D eigenvalue weighted by Crippen LogP contribution is -2.26. The SMILES string of the molecule is O=C(O)CNc1cc(-c2ccc(-c3cccc4c3oc3ccccc34)cc2)cn(Cc2cccc(F)c2)c1=O. The summed E-state index contributed by atoms with van der Waals surface area (Å²) in [4.78, 5) is 24.2. The summed E-state index contributed by atoms with van der Waals surface area (Å²) in [6, 6.07) is 29.6. The smallest absolute Gasteiger partial charge is 0.322 e. The summed E-state index contributed by atoms with van der Waals surface area (Å²) < 4.78 is 21.4. The van der Waals surface area contributed by atoms with Crippen molar-refractivity contribution < 1.29 is 18.7 Å². The van der Waals surface area contributed by atoms with Crippen molar-refractivity contribution in [3.05, 3.63) is 125 Å². The second-order valence-corrected chi connectivity index (χ2v) is 9.31. The first-order valence-electron chi connectivity index (χ1n) is 12.4. The number of para-hydroxylation sites is 2. The quantitative estimate of drug-likeness (QED) is 0.244. The number of pyridine rings is 1. The molecule has 6 nitrogen and oxygen atoms in total. The number of carbonyl (C=O) groups is 1. The topological polar surface area (TPSA) is 84.5 Å². The number of benzene rings is 4. The molecule has 0 unspecified atom stereocenters. The van der Waals surface area contributed by atoms with Gasteiger partial charge in [0.1, 0.15) is 29.2 Å². The number of aromatic nitrogens is 1. The summed E-state index contributed by atoms with van der Waals surface area (Å²) >= 11 is 0. The molecule has 0 amide bonds. The third-order valence-electron chi connectivity index (χ3n) is 6.69. The average molecular weight is 519 g/mol. The van der Waals surface area contributed by atoms with Crippen molar-refractivity contribution in [2.75, 3.05) is 11.9 Å². The zero-order chi connectivity index (χ0) is 26.9. The standard InChI is InChI=1S/C32H23FN2O4/c33-24-6-3-5-20(15-24)18-35-19-23(16-28(32(35)38)34-17-30(36)37)21-11-13-22(14-12-21)25-8-4-9-27-26-7-1-2-10-29(26)39-31(25)27/h1-16,19,34H,17-18H2,(H,36,37). The number of hydrogen-bond acceptors (Lipinski definition) is 4. The van der Waals surface area contributed by atoms with Gasteiger partial charge in [-0.1, -0.05) is 72.8 Å². The number of anilines is 1. The van der Waals surface area contributed by atoms with E-state index in [2.05, 4.69) is 5.32 Å². The van der Waals surface area contributed by atoms with E-state index < -0.39 is 23.9 Å². The number of carboxylic acid groups (broad SMARTS) is 1. The lowest BCUT2D eigenvalue weighted by atomic mass is 9.99. The van der Waals surface area contributed by atoms with Crippen LogP contribution in [0.5, 0.6) is 0 Å². The van der Waals surface area contributed by atoms with Crippen LogP contribution >= 0.6 is 0 Å². The number of halogens is 1. The van der Waals surface area contributed by atoms with Gasteiger partial charge in [0.05, 0.1) is 6.54 Å². The maximum Gasteiger partial charge on any atom is 0.322 e. The maximum atomic E-state index is 13.8. The minimum absolute atomic E-state index is 0.137. The summed E-state index contributed by atoms with van der Waals surface area (Å²) in [5.74, 6) is -1.48. The molecule has 0 radical (unpaired) electrons. The van der Waals surface area contributed by atoms with Crippen LogP contribution in [0.1, 0.15) is 5.56 Å². The molecule has 0 aliphatic carbocycles. The molecule has 39 heavy (non-hydrogen) atoms. The number of aliphatic carboxylic acids is 1. The zero-order valence-electron chi connectivity index (χ0n) is 20.7. The third kappa shape index (κ3) is 4.78. The second-order valence-electron chi connectivity index (χ2n) is 9.31. The predicted octanol–water partition coefficient (Wildman–Crippen LogP) is 6.77. The molecule has 0 saturated heterocycles. The summed E-state index contributed by atoms with van der Waals surface area (Å²) in [5, 5.41) is 13.9. The highest BCUT2D eigenvalue weighted by molar-refractivity contribution is 6.09. The van der Waals surface area contributed by atoms with Gasteiger partial charge in [-0.25, -0.2) is 4.39 Å². The molecule has 0 fully saturated rings. The molecule has 0 aliphatic rings. The Bertz CT molecular complexity index is 1900. The fraction of sp³-hybridized carbons (Fsp3) is 0.0625. The van der Waals surface area contributed by atoms with Gasteiger partial charge in [0.25, 0.3) is 5.56 Å². The number of nitrogens with one attached hydrogen (secondary N) is 1. The lowest BCUT2D eigenvalue weighted by Gasteiger charge is -2.13. The van der Waals surface area contributed by atoms with E-state index in [1.165, 1.54) is 16.7 Å². The Morgan fingerprint density at radius 2 is 1.59 bits per heavy atom. The number of furan rings is 1. The van der Waals surface area contributed by atoms with Crippen LogP contribution in [0.2, 0.25) is 0 Å². The van der Waals surface area contributed by atoms with Crippen molar-refractivity contribution in [3.63, 3.8) is 0 Å². The Kier molecular flexibility index (Phi) is 6.17. The van der Waals surface area contributed by atoms with Crippen molar-refractivity contribution in [3.8, 4) is 22.3 Å². The number of nitrogens with zero attached hydrogens (tertiary/aromatic N) is 1. The molecule has 192 valence electrons. The Balaban J connectivity index is 1.39. The molecular weight excluding hydrogens is 495 g/mol. The molecule has 7 heteroatoms. The van der Waals surface area contributed by atoms with Crippen LogP contribution in [-0.2, 0) is 11.3 Å². The highest BCUT2D eigenvalue weighted by Gasteiger charge is 2.14. The predicted molar refractivity (Wildman–Crippen MR) is 150 cm³/mol. The van der Waals surface area contributed by atoms with E-state index in [0.29, 0.717) is 11.1 Å². The Labute approximate surface area is 222 Å². The monoisotopic (exact) mass is 518 g/mol. The van der Waals surface area contributed by atoms with E-state index in [0.717, 1.165) is 38.6 Å². The van der Waals surface area contributed by atoms with Crippen LogP contribution in [-0.4, -0.2) is 22.2 Å². The number of carboxylic acids is 1. The molecule has 4 aromatic carbocycles. The first-order valence-corrected chi connectivity index (χ1v) is 12.4. The number of hydrogen-bond donors (Lipinski definition) is 2. The minimum atomic E-state index is -1.08. The van der Waals surface area contributed by atoms with E-state index in [9.17, 15) is 14.0 Å². The van der Waals surface area contributed by atoms with E-state index in [4.69, 9.17) is 9.52 Å². The molecule has 0 aliphatic heterocycles. The van der Waals surface area contributed by atoms with Gasteiger partial charge in [-0.2, -0.15) is 0 Å². The van der Waals surface area contributed by atoms with Gasteiger partial charge >= 0.3 is 5.97 Å². The molecule has 0 atom stereocenters. The summed E-state index contributed by atoms with van der Waals surface area (Å²) in [6.07, 6.45) is 1.70. The van der Waals surface area contributed by atoms with Gasteiger partial charge in [0, 0.05) is 28.1 Å². The average Bonchev–Trinajstić information content (AvgIpc) is 3.32. The van der Waals surface area contributed by atoms with Crippen molar-refractivity contribution in [1.29, 1.82) is 0 Å². The molecular formula is C32H23FN2O4. The molecule has 0 bridgehead atoms. The fourth-order valence-electron chi connectivity index (χ4n) is 4.86. The van der Waals surface area contributed by atoms with Crippen LogP contribution in [0.3, 0.4) is 0 Å². The summed E-state index contributed by atoms with van der Waals surface area (Å²) in [5.41, 5.74) is 5.52. The van der Waals surface area contributed by atoms with Crippen molar-refractivity contribution in [2.45, 2.75) is 6.54 Å². The number of rotatable bonds is 7. The zero-order valence-corrected chi connectivity index (χ0v) is 20.7. The van der Waals surface area contributed by atoms with E-state index in [1.54, 1.807) is 24.4 Å². The number of fused-ring (bicyclic) bond motifs is 3. The normalized spacial score (nSPS) is 11.2. The Hall–Kier alpha value is -5.17. The maximum absolute atomic E-state index is 13.8. The highest BCUT2D eigenvalue weighted by atomic mass is 19.1. The molecule has 0 saturated carbocycles. The molecule has 2 aromatic heterocycles. The van der Waals surface area contributed by atoms with E-state index >= 15 is 0 Å². The Morgan fingerprint density at radius 1 is 0.846 bits per heavy atom. The van der Waals surface area contributed by atoms with E-state index in [1.807, 2.05) is 66.7 Å². The summed E-state index contributed by atoms with van der Waals surface area (Å²) in [7, 11) is 0. The molecule has 6 aromatic rings. The van der Waals surface area contributed by atoms with Gasteiger partial charge in [0.2, 0.25) is 0 Å². The first kappa shape index (κ1) is 24.2. The molecule has 2 heterocycles. The van der Waals surface area contributed by atoms with Gasteiger partial charge in [-0.3, -0.25) is 9.59 Å². The van der Waals surface area contributed by atoms with Crippen molar-refractivity contribution >= 4 is 33.6 Å². The molecule has 6 rings (SSSR count). The second kappa shape index (κ2) is 9.95. The molecule has 0 spiro atoms. The summed E-state index contributed by atoms with van der Waals surface area (Å²) in [6.45, 7) is -0.266. The van der Waals surface area contributed by atoms with Crippen LogP contribution in [0.25, 0.3) is 44.2 Å². The Morgan fingerprint density at radius 3 is 2.38 bits per heavy atom. The fourth-order valence-corrected chi connectivity index (χ4v) is 4.86. The van der Waals surface area contributed by atoms with Gasteiger partial charge in [-0.15, -0.1) is 0 Å². The molecule has 2 N–H and O–H groups in total. The van der Waals surface area contributed by atoms with Crippen LogP contribution in [0.15, 0.2) is 112 Å². The van der Waals surface area contributed by atoms with Crippen molar-refractivity contribution in [1.82, 2.24) is 4.57 Å². The third-order valence-corrected chi connectivity index (χ3v) is 6.69. The minimum Gasteiger partial charge on any atom is -0.480 e. The van der Waals surface area contributed by atoms with E-state index in [-0.39, 0.29) is 12.2 Å². The van der Waals surface area contributed by atoms with Crippen LogP contribution < -0.4 is 10.9 Å². The lowest BCUT2D eigenvalue weighted by molar-refractivity contribution is -0.134. The van der Waals surface area contributed by atoms with Crippen LogP contribution in [0, 0.1) is 5.82 Å². The largest absolute Gasteiger partial charge is 0.480 e. The van der Waals surface area contributed by atoms with Gasteiger partial charge in [-0.05, 0) is 41.0 Å². The van der Waals surface area contributed by atoms with Crippen molar-refractivity contribution in [2.24, 2.45) is 0 Å². The van der Waals surface area contributed by atoms with Gasteiger partial charge in [0.15, 0.2) is 0 Å².